The SMILES string of the molecule is CCCC1CCC([Si](C)(C)C2CCC(CCC)C2)C1. The summed E-state index contributed by atoms with van der Waals surface area (Å²) in [7, 11) is -0.979. The number of rotatable bonds is 6. The van der Waals surface area contributed by atoms with Crippen molar-refractivity contribution in [2.75, 3.05) is 0 Å². The molecule has 0 aromatic heterocycles. The summed E-state index contributed by atoms with van der Waals surface area (Å²) in [5.74, 6) is 2.18. The Morgan fingerprint density at radius 1 is 0.737 bits per heavy atom. The summed E-state index contributed by atoms with van der Waals surface area (Å²) in [6.45, 7) is 10.2. The van der Waals surface area contributed by atoms with Gasteiger partial charge in [-0.2, -0.15) is 0 Å². The van der Waals surface area contributed by atoms with Gasteiger partial charge in [-0.1, -0.05) is 78.3 Å². The minimum Gasteiger partial charge on any atom is -0.0689 e. The van der Waals surface area contributed by atoms with Gasteiger partial charge >= 0.3 is 0 Å². The molecule has 0 amide bonds. The Hall–Kier alpha value is 0.217. The van der Waals surface area contributed by atoms with Gasteiger partial charge in [0.15, 0.2) is 0 Å². The summed E-state index contributed by atoms with van der Waals surface area (Å²) in [5, 5.41) is 0. The minimum absolute atomic E-state index is 0.979. The maximum atomic E-state index is 2.74. The van der Waals surface area contributed by atoms with E-state index in [9.17, 15) is 0 Å². The summed E-state index contributed by atoms with van der Waals surface area (Å²) >= 11 is 0. The molecule has 2 saturated carbocycles. The molecule has 4 unspecified atom stereocenters. The first kappa shape index (κ1) is 15.6. The van der Waals surface area contributed by atoms with Crippen LogP contribution in [0, 0.1) is 11.8 Å². The van der Waals surface area contributed by atoms with E-state index in [2.05, 4.69) is 26.9 Å². The molecule has 2 aliphatic rings. The van der Waals surface area contributed by atoms with Crippen LogP contribution >= 0.6 is 0 Å². The van der Waals surface area contributed by atoms with Crippen molar-refractivity contribution in [1.82, 2.24) is 0 Å². The van der Waals surface area contributed by atoms with E-state index in [0.29, 0.717) is 0 Å². The molecule has 112 valence electrons. The highest BCUT2D eigenvalue weighted by atomic mass is 28.3. The fourth-order valence-corrected chi connectivity index (χ4v) is 9.55. The second-order valence-corrected chi connectivity index (χ2v) is 13.4. The summed E-state index contributed by atoms with van der Waals surface area (Å²) in [6.07, 6.45) is 15.3. The smallest absolute Gasteiger partial charge is 0.0536 e. The van der Waals surface area contributed by atoms with Crippen molar-refractivity contribution < 1.29 is 0 Å². The van der Waals surface area contributed by atoms with Crippen LogP contribution < -0.4 is 0 Å². The quantitative estimate of drug-likeness (QED) is 0.479. The van der Waals surface area contributed by atoms with E-state index in [-0.39, 0.29) is 0 Å². The molecule has 2 rings (SSSR count). The lowest BCUT2D eigenvalue weighted by Crippen LogP contribution is -2.36. The molecule has 0 N–H and O–H groups in total. The van der Waals surface area contributed by atoms with Gasteiger partial charge in [0.2, 0.25) is 0 Å². The summed E-state index contributed by atoms with van der Waals surface area (Å²) in [5.41, 5.74) is 2.32. The van der Waals surface area contributed by atoms with Crippen molar-refractivity contribution in [3.63, 3.8) is 0 Å². The molecule has 0 nitrogen and oxygen atoms in total. The van der Waals surface area contributed by atoms with E-state index in [1.807, 2.05) is 0 Å². The van der Waals surface area contributed by atoms with Gasteiger partial charge in [0.25, 0.3) is 0 Å². The highest BCUT2D eigenvalue weighted by Crippen LogP contribution is 2.53. The van der Waals surface area contributed by atoms with E-state index in [1.54, 1.807) is 38.5 Å². The Bertz CT molecular complexity index is 245. The van der Waals surface area contributed by atoms with E-state index in [1.165, 1.54) is 25.7 Å². The van der Waals surface area contributed by atoms with Crippen molar-refractivity contribution in [3.8, 4) is 0 Å². The lowest BCUT2D eigenvalue weighted by molar-refractivity contribution is 0.491. The van der Waals surface area contributed by atoms with E-state index in [0.717, 1.165) is 22.9 Å². The van der Waals surface area contributed by atoms with Crippen LogP contribution in [0.15, 0.2) is 0 Å². The standard InChI is InChI=1S/C18H36Si/c1-5-7-15-9-11-17(13-15)19(3,4)18-12-10-16(14-18)8-6-2/h15-18H,5-14H2,1-4H3. The van der Waals surface area contributed by atoms with Gasteiger partial charge in [0.05, 0.1) is 8.07 Å². The monoisotopic (exact) mass is 280 g/mol. The van der Waals surface area contributed by atoms with E-state index < -0.39 is 8.07 Å². The zero-order valence-corrected chi connectivity index (χ0v) is 14.9. The highest BCUT2D eigenvalue weighted by molar-refractivity contribution is 6.80. The third-order valence-electron chi connectivity index (χ3n) is 6.58. The Morgan fingerprint density at radius 3 is 1.53 bits per heavy atom. The lowest BCUT2D eigenvalue weighted by atomic mass is 10.0. The van der Waals surface area contributed by atoms with Crippen molar-refractivity contribution >= 4 is 8.07 Å². The Balaban J connectivity index is 1.88. The van der Waals surface area contributed by atoms with E-state index in [4.69, 9.17) is 0 Å². The van der Waals surface area contributed by atoms with Crippen molar-refractivity contribution in [2.45, 2.75) is 102 Å². The average molecular weight is 281 g/mol. The predicted molar refractivity (Wildman–Crippen MR) is 89.5 cm³/mol. The molecule has 0 aromatic carbocycles. The van der Waals surface area contributed by atoms with Gasteiger partial charge < -0.3 is 0 Å². The molecule has 0 radical (unpaired) electrons. The van der Waals surface area contributed by atoms with Gasteiger partial charge in [-0.15, -0.1) is 0 Å². The second kappa shape index (κ2) is 6.78. The second-order valence-electron chi connectivity index (χ2n) is 8.15. The first-order chi connectivity index (χ1) is 9.07. The number of hydrogen-bond donors (Lipinski definition) is 0. The zero-order valence-electron chi connectivity index (χ0n) is 13.9. The summed E-state index contributed by atoms with van der Waals surface area (Å²) < 4.78 is 0. The molecule has 19 heavy (non-hydrogen) atoms. The molecule has 0 aliphatic heterocycles. The van der Waals surface area contributed by atoms with Gasteiger partial charge in [0.1, 0.15) is 0 Å². The molecule has 0 saturated heterocycles. The van der Waals surface area contributed by atoms with E-state index >= 15 is 0 Å². The van der Waals surface area contributed by atoms with Crippen LogP contribution in [0.4, 0.5) is 0 Å². The molecule has 0 spiro atoms. The molecular weight excluding hydrogens is 244 g/mol. The van der Waals surface area contributed by atoms with Crippen molar-refractivity contribution in [1.29, 1.82) is 0 Å². The lowest BCUT2D eigenvalue weighted by Gasteiger charge is -2.36. The molecule has 0 heterocycles. The van der Waals surface area contributed by atoms with Crippen LogP contribution in [0.5, 0.6) is 0 Å². The van der Waals surface area contributed by atoms with Gasteiger partial charge in [-0.3, -0.25) is 0 Å². The normalized spacial score (nSPS) is 36.0. The first-order valence-corrected chi connectivity index (χ1v) is 12.2. The first-order valence-electron chi connectivity index (χ1n) is 9.07. The third-order valence-corrected chi connectivity index (χ3v) is 11.8. The highest BCUT2D eigenvalue weighted by Gasteiger charge is 2.44. The fourth-order valence-electron chi connectivity index (χ4n) is 5.18. The number of hydrogen-bond acceptors (Lipinski definition) is 0. The van der Waals surface area contributed by atoms with Crippen LogP contribution in [-0.2, 0) is 0 Å². The van der Waals surface area contributed by atoms with Gasteiger partial charge in [-0.05, 0) is 35.8 Å². The molecule has 2 aliphatic carbocycles. The zero-order chi connectivity index (χ0) is 13.9. The molecule has 0 bridgehead atoms. The van der Waals surface area contributed by atoms with Crippen LogP contribution in [-0.4, -0.2) is 8.07 Å². The maximum Gasteiger partial charge on any atom is 0.0536 e. The molecule has 0 aromatic rings. The molecule has 1 heteroatoms. The van der Waals surface area contributed by atoms with Crippen LogP contribution in [0.2, 0.25) is 24.2 Å². The van der Waals surface area contributed by atoms with Gasteiger partial charge in [-0.25, -0.2) is 0 Å². The van der Waals surface area contributed by atoms with Crippen LogP contribution in [0.25, 0.3) is 0 Å². The average Bonchev–Trinajstić information content (AvgIpc) is 2.99. The Labute approximate surface area is 122 Å². The maximum absolute atomic E-state index is 2.74. The largest absolute Gasteiger partial charge is 0.0689 e. The fraction of sp³-hybridized carbons (Fsp3) is 1.00. The predicted octanol–water partition coefficient (Wildman–Crippen LogP) is 6.64. The topological polar surface area (TPSA) is 0 Å². The summed E-state index contributed by atoms with van der Waals surface area (Å²) in [6, 6.07) is 0. The molecular formula is C18H36Si. The third kappa shape index (κ3) is 3.65. The van der Waals surface area contributed by atoms with Crippen molar-refractivity contribution in [3.05, 3.63) is 0 Å². The van der Waals surface area contributed by atoms with Crippen LogP contribution in [0.3, 0.4) is 0 Å². The van der Waals surface area contributed by atoms with Crippen molar-refractivity contribution in [2.24, 2.45) is 11.8 Å². The van der Waals surface area contributed by atoms with Crippen LogP contribution in [0.1, 0.15) is 78.1 Å². The van der Waals surface area contributed by atoms with Gasteiger partial charge in [0, 0.05) is 0 Å². The minimum atomic E-state index is -0.979. The summed E-state index contributed by atoms with van der Waals surface area (Å²) in [4.78, 5) is 0. The Morgan fingerprint density at radius 2 is 1.16 bits per heavy atom. The molecule has 2 fully saturated rings. The Kier molecular flexibility index (Phi) is 5.57. The molecule has 4 atom stereocenters.